The molecule has 0 amide bonds. The van der Waals surface area contributed by atoms with E-state index in [4.69, 9.17) is 10.5 Å². The minimum Gasteiger partial charge on any atom is -0.508 e. The zero-order chi connectivity index (χ0) is 15.4. The third-order valence-corrected chi connectivity index (χ3v) is 2.76. The third-order valence-electron chi connectivity index (χ3n) is 2.76. The van der Waals surface area contributed by atoms with Crippen LogP contribution in [-0.4, -0.2) is 23.2 Å². The van der Waals surface area contributed by atoms with E-state index in [0.717, 1.165) is 11.3 Å². The van der Waals surface area contributed by atoms with Gasteiger partial charge in [0.25, 0.3) is 0 Å². The Morgan fingerprint density at radius 1 is 1.29 bits per heavy atom. The van der Waals surface area contributed by atoms with Gasteiger partial charge in [0, 0.05) is 24.4 Å². The summed E-state index contributed by atoms with van der Waals surface area (Å²) in [5, 5.41) is 9.64. The van der Waals surface area contributed by atoms with Gasteiger partial charge in [0.1, 0.15) is 11.5 Å². The summed E-state index contributed by atoms with van der Waals surface area (Å²) < 4.78 is 10.2. The highest BCUT2D eigenvalue weighted by Crippen LogP contribution is 2.27. The summed E-state index contributed by atoms with van der Waals surface area (Å²) in [4.78, 5) is 15.7. The Balaban J connectivity index is 2.33. The Hall–Kier alpha value is -2.60. The second kappa shape index (κ2) is 6.23. The molecule has 0 radical (unpaired) electrons. The summed E-state index contributed by atoms with van der Waals surface area (Å²) in [7, 11) is 1.27. The smallest absolute Gasteiger partial charge is 0.338 e. The first kappa shape index (κ1) is 14.8. The molecule has 0 aliphatic carbocycles. The van der Waals surface area contributed by atoms with Gasteiger partial charge < -0.3 is 20.3 Å². The van der Waals surface area contributed by atoms with Gasteiger partial charge in [0.05, 0.1) is 12.7 Å². The van der Waals surface area contributed by atoms with Crippen molar-refractivity contribution >= 4 is 5.97 Å². The molecular weight excluding hydrogens is 272 g/mol. The van der Waals surface area contributed by atoms with Gasteiger partial charge in [-0.05, 0) is 30.7 Å². The van der Waals surface area contributed by atoms with Crippen molar-refractivity contribution in [1.82, 2.24) is 4.98 Å². The monoisotopic (exact) mass is 288 g/mol. The summed E-state index contributed by atoms with van der Waals surface area (Å²) in [6.45, 7) is 2.20. The van der Waals surface area contributed by atoms with E-state index in [2.05, 4.69) is 9.72 Å². The lowest BCUT2D eigenvalue weighted by Crippen LogP contribution is -2.02. The number of aryl methyl sites for hydroxylation is 1. The molecule has 3 N–H and O–H groups in total. The van der Waals surface area contributed by atoms with Crippen molar-refractivity contribution in [2.24, 2.45) is 5.73 Å². The van der Waals surface area contributed by atoms with Crippen LogP contribution in [0.5, 0.6) is 17.4 Å². The lowest BCUT2D eigenvalue weighted by molar-refractivity contribution is 0.0600. The predicted molar refractivity (Wildman–Crippen MR) is 76.4 cm³/mol. The Morgan fingerprint density at radius 2 is 2.05 bits per heavy atom. The Bertz CT molecular complexity index is 671. The fraction of sp³-hybridized carbons (Fsp3) is 0.200. The van der Waals surface area contributed by atoms with Crippen LogP contribution in [0.1, 0.15) is 21.6 Å². The Labute approximate surface area is 122 Å². The van der Waals surface area contributed by atoms with E-state index in [9.17, 15) is 9.90 Å². The van der Waals surface area contributed by atoms with Crippen LogP contribution in [0.2, 0.25) is 0 Å². The molecule has 0 saturated heterocycles. The van der Waals surface area contributed by atoms with Gasteiger partial charge >= 0.3 is 5.97 Å². The number of carbonyl (C=O) groups is 1. The van der Waals surface area contributed by atoms with Crippen LogP contribution in [-0.2, 0) is 11.3 Å². The largest absolute Gasteiger partial charge is 0.508 e. The molecule has 0 aliphatic heterocycles. The van der Waals surface area contributed by atoms with Crippen LogP contribution < -0.4 is 10.5 Å². The normalized spacial score (nSPS) is 10.2. The summed E-state index contributed by atoms with van der Waals surface area (Å²) in [5.74, 6) is -0.0245. The standard InChI is InChI=1S/C15H16N2O4/c1-9-3-10(8-16)4-14(17-9)21-13-6-11(15(19)20-2)5-12(18)7-13/h3-7,18H,8,16H2,1-2H3. The molecule has 2 rings (SSSR count). The number of aromatic hydroxyl groups is 1. The molecule has 0 fully saturated rings. The second-order valence-corrected chi connectivity index (χ2v) is 4.47. The van der Waals surface area contributed by atoms with Crippen molar-refractivity contribution in [1.29, 1.82) is 0 Å². The SMILES string of the molecule is COC(=O)c1cc(O)cc(Oc2cc(CN)cc(C)n2)c1. The number of nitrogens with two attached hydrogens (primary N) is 1. The summed E-state index contributed by atoms with van der Waals surface area (Å²) in [6, 6.07) is 7.72. The fourth-order valence-corrected chi connectivity index (χ4v) is 1.88. The van der Waals surface area contributed by atoms with Crippen LogP contribution in [0.4, 0.5) is 0 Å². The number of phenols is 1. The van der Waals surface area contributed by atoms with Gasteiger partial charge in [-0.15, -0.1) is 0 Å². The lowest BCUT2D eigenvalue weighted by Gasteiger charge is -2.09. The Kier molecular flexibility index (Phi) is 4.39. The highest BCUT2D eigenvalue weighted by Gasteiger charge is 2.10. The van der Waals surface area contributed by atoms with E-state index >= 15 is 0 Å². The van der Waals surface area contributed by atoms with Crippen LogP contribution >= 0.6 is 0 Å². The molecule has 1 aromatic heterocycles. The zero-order valence-electron chi connectivity index (χ0n) is 11.8. The number of pyridine rings is 1. The number of methoxy groups -OCH3 is 1. The van der Waals surface area contributed by atoms with Crippen molar-refractivity contribution in [2.75, 3.05) is 7.11 Å². The molecule has 21 heavy (non-hydrogen) atoms. The van der Waals surface area contributed by atoms with Crippen LogP contribution in [0, 0.1) is 6.92 Å². The van der Waals surface area contributed by atoms with E-state index in [1.165, 1.54) is 25.3 Å². The van der Waals surface area contributed by atoms with Gasteiger partial charge in [-0.1, -0.05) is 0 Å². The van der Waals surface area contributed by atoms with Gasteiger partial charge in [-0.25, -0.2) is 9.78 Å². The maximum atomic E-state index is 11.5. The maximum absolute atomic E-state index is 11.5. The first-order valence-electron chi connectivity index (χ1n) is 6.29. The van der Waals surface area contributed by atoms with Crippen molar-refractivity contribution in [2.45, 2.75) is 13.5 Å². The van der Waals surface area contributed by atoms with E-state index in [1.807, 2.05) is 13.0 Å². The summed E-state index contributed by atoms with van der Waals surface area (Å²) >= 11 is 0. The van der Waals surface area contributed by atoms with Crippen molar-refractivity contribution in [3.8, 4) is 17.4 Å². The molecule has 0 saturated carbocycles. The third kappa shape index (κ3) is 3.70. The fourth-order valence-electron chi connectivity index (χ4n) is 1.88. The molecule has 1 aromatic carbocycles. The van der Waals surface area contributed by atoms with Gasteiger partial charge in [-0.3, -0.25) is 0 Å². The van der Waals surface area contributed by atoms with E-state index in [0.29, 0.717) is 12.4 Å². The van der Waals surface area contributed by atoms with Crippen LogP contribution in [0.15, 0.2) is 30.3 Å². The molecule has 0 bridgehead atoms. The average molecular weight is 288 g/mol. The molecule has 0 aliphatic rings. The van der Waals surface area contributed by atoms with Crippen molar-refractivity contribution < 1.29 is 19.4 Å². The molecule has 0 spiro atoms. The number of hydrogen-bond acceptors (Lipinski definition) is 6. The van der Waals surface area contributed by atoms with Gasteiger partial charge in [0.2, 0.25) is 5.88 Å². The number of phenolic OH excluding ortho intramolecular Hbond substituents is 1. The number of benzene rings is 1. The highest BCUT2D eigenvalue weighted by atomic mass is 16.5. The van der Waals surface area contributed by atoms with Crippen molar-refractivity contribution in [3.63, 3.8) is 0 Å². The lowest BCUT2D eigenvalue weighted by atomic mass is 10.2. The molecule has 2 aromatic rings. The average Bonchev–Trinajstić information content (AvgIpc) is 2.45. The van der Waals surface area contributed by atoms with E-state index in [1.54, 1.807) is 6.07 Å². The van der Waals surface area contributed by atoms with Crippen molar-refractivity contribution in [3.05, 3.63) is 47.2 Å². The number of carbonyl (C=O) groups excluding carboxylic acids is 1. The quantitative estimate of drug-likeness (QED) is 0.837. The molecule has 0 unspecified atom stereocenters. The molecule has 6 nitrogen and oxygen atoms in total. The zero-order valence-corrected chi connectivity index (χ0v) is 11.8. The van der Waals surface area contributed by atoms with Gasteiger partial charge in [-0.2, -0.15) is 0 Å². The maximum Gasteiger partial charge on any atom is 0.338 e. The first-order chi connectivity index (χ1) is 10.0. The molecular formula is C15H16N2O4. The molecule has 1 heterocycles. The highest BCUT2D eigenvalue weighted by molar-refractivity contribution is 5.90. The number of rotatable bonds is 4. The minimum atomic E-state index is -0.560. The van der Waals surface area contributed by atoms with Crippen LogP contribution in [0.25, 0.3) is 0 Å². The molecule has 110 valence electrons. The second-order valence-electron chi connectivity index (χ2n) is 4.47. The molecule has 0 atom stereocenters. The number of nitrogens with zero attached hydrogens (tertiary/aromatic N) is 1. The number of esters is 1. The van der Waals surface area contributed by atoms with E-state index < -0.39 is 5.97 Å². The van der Waals surface area contributed by atoms with Gasteiger partial charge in [0.15, 0.2) is 0 Å². The summed E-state index contributed by atoms with van der Waals surface area (Å²) in [6.07, 6.45) is 0. The first-order valence-corrected chi connectivity index (χ1v) is 6.29. The number of aromatic nitrogens is 1. The molecule has 6 heteroatoms. The summed E-state index contributed by atoms with van der Waals surface area (Å²) in [5.41, 5.74) is 7.44. The predicted octanol–water partition coefficient (Wildman–Crippen LogP) is 2.13. The van der Waals surface area contributed by atoms with Crippen LogP contribution in [0.3, 0.4) is 0 Å². The Morgan fingerprint density at radius 3 is 2.71 bits per heavy atom. The van der Waals surface area contributed by atoms with E-state index in [-0.39, 0.29) is 17.1 Å². The topological polar surface area (TPSA) is 94.7 Å². The minimum absolute atomic E-state index is 0.0976. The number of ether oxygens (including phenoxy) is 2. The number of hydrogen-bond donors (Lipinski definition) is 2.